The molecule has 1 amide bonds. The summed E-state index contributed by atoms with van der Waals surface area (Å²) in [7, 11) is 0. The number of aryl methyl sites for hydroxylation is 1. The first-order chi connectivity index (χ1) is 13.4. The van der Waals surface area contributed by atoms with Crippen LogP contribution < -0.4 is 10.1 Å². The summed E-state index contributed by atoms with van der Waals surface area (Å²) >= 11 is 0. The second-order valence-electron chi connectivity index (χ2n) is 6.03. The summed E-state index contributed by atoms with van der Waals surface area (Å²) in [5.41, 5.74) is 1.86. The van der Waals surface area contributed by atoms with Crippen LogP contribution in [0.1, 0.15) is 29.8 Å². The molecule has 0 fully saturated rings. The third-order valence-corrected chi connectivity index (χ3v) is 3.66. The monoisotopic (exact) mass is 385 g/mol. The second-order valence-corrected chi connectivity index (χ2v) is 6.03. The summed E-state index contributed by atoms with van der Waals surface area (Å²) in [5, 5.41) is 2.58. The molecule has 7 nitrogen and oxygen atoms in total. The number of hydrogen-bond acceptors (Lipinski definition) is 6. The van der Waals surface area contributed by atoms with E-state index in [1.165, 1.54) is 12.1 Å². The molecule has 2 aromatic rings. The molecule has 0 aliphatic heterocycles. The van der Waals surface area contributed by atoms with Gasteiger partial charge in [-0.3, -0.25) is 4.79 Å². The van der Waals surface area contributed by atoms with E-state index in [0.717, 1.165) is 5.56 Å². The highest BCUT2D eigenvalue weighted by Gasteiger charge is 2.18. The molecule has 0 saturated carbocycles. The van der Waals surface area contributed by atoms with Crippen LogP contribution in [0.25, 0.3) is 0 Å². The van der Waals surface area contributed by atoms with Crippen LogP contribution in [-0.4, -0.2) is 37.2 Å². The van der Waals surface area contributed by atoms with Crippen molar-refractivity contribution in [3.05, 3.63) is 59.7 Å². The smallest absolute Gasteiger partial charge is 0.347 e. The number of benzene rings is 2. The molecular formula is C21H23NO6. The standard InChI is InChI=1S/C21H23NO6/c1-4-26-21(25)16-8-10-17(11-9-16)22-19(23)13-27-20(24)15(3)28-18-7-5-6-14(2)12-18/h5-12,15H,4,13H2,1-3H3,(H,22,23)/t15-/m0/s1. The fraction of sp³-hybridized carbons (Fsp3) is 0.286. The number of rotatable bonds is 8. The van der Waals surface area contributed by atoms with Gasteiger partial charge in [-0.1, -0.05) is 12.1 Å². The Balaban J connectivity index is 1.79. The number of anilines is 1. The van der Waals surface area contributed by atoms with Gasteiger partial charge in [0.25, 0.3) is 5.91 Å². The number of amides is 1. The van der Waals surface area contributed by atoms with Crippen molar-refractivity contribution in [1.29, 1.82) is 0 Å². The third kappa shape index (κ3) is 6.42. The van der Waals surface area contributed by atoms with Crippen molar-refractivity contribution in [2.24, 2.45) is 0 Å². The van der Waals surface area contributed by atoms with Gasteiger partial charge in [0, 0.05) is 5.69 Å². The largest absolute Gasteiger partial charge is 0.479 e. The molecule has 0 aromatic heterocycles. The Kier molecular flexibility index (Phi) is 7.56. The molecule has 0 heterocycles. The maximum Gasteiger partial charge on any atom is 0.347 e. The Morgan fingerprint density at radius 3 is 2.39 bits per heavy atom. The van der Waals surface area contributed by atoms with E-state index < -0.39 is 30.6 Å². The molecule has 2 aromatic carbocycles. The number of carbonyl (C=O) groups excluding carboxylic acids is 3. The first-order valence-corrected chi connectivity index (χ1v) is 8.86. The van der Waals surface area contributed by atoms with Gasteiger partial charge in [-0.15, -0.1) is 0 Å². The molecule has 28 heavy (non-hydrogen) atoms. The zero-order valence-electron chi connectivity index (χ0n) is 16.1. The number of carbonyl (C=O) groups is 3. The molecular weight excluding hydrogens is 362 g/mol. The van der Waals surface area contributed by atoms with Crippen LogP contribution in [0, 0.1) is 6.92 Å². The zero-order chi connectivity index (χ0) is 20.5. The van der Waals surface area contributed by atoms with E-state index in [1.807, 2.05) is 19.1 Å². The predicted molar refractivity (Wildman–Crippen MR) is 103 cm³/mol. The van der Waals surface area contributed by atoms with Gasteiger partial charge in [0.15, 0.2) is 12.7 Å². The summed E-state index contributed by atoms with van der Waals surface area (Å²) in [6, 6.07) is 13.5. The van der Waals surface area contributed by atoms with Crippen LogP contribution in [0.4, 0.5) is 5.69 Å². The summed E-state index contributed by atoms with van der Waals surface area (Å²) < 4.78 is 15.4. The van der Waals surface area contributed by atoms with Gasteiger partial charge in [-0.05, 0) is 62.7 Å². The molecule has 2 rings (SSSR count). The summed E-state index contributed by atoms with van der Waals surface area (Å²) in [5.74, 6) is -1.03. The molecule has 0 bridgehead atoms. The van der Waals surface area contributed by atoms with Crippen molar-refractivity contribution in [1.82, 2.24) is 0 Å². The first kappa shape index (κ1) is 21.0. The molecule has 7 heteroatoms. The van der Waals surface area contributed by atoms with Gasteiger partial charge in [0.05, 0.1) is 12.2 Å². The summed E-state index contributed by atoms with van der Waals surface area (Å²) in [6.07, 6.45) is -0.849. The van der Waals surface area contributed by atoms with Gasteiger partial charge < -0.3 is 19.5 Å². The van der Waals surface area contributed by atoms with Crippen LogP contribution in [0.5, 0.6) is 5.75 Å². The fourth-order valence-electron chi connectivity index (χ4n) is 2.30. The van der Waals surface area contributed by atoms with Crippen LogP contribution >= 0.6 is 0 Å². The zero-order valence-corrected chi connectivity index (χ0v) is 16.1. The molecule has 1 atom stereocenters. The number of nitrogens with one attached hydrogen (secondary N) is 1. The first-order valence-electron chi connectivity index (χ1n) is 8.86. The minimum Gasteiger partial charge on any atom is -0.479 e. The molecule has 1 N–H and O–H groups in total. The third-order valence-electron chi connectivity index (χ3n) is 3.66. The average molecular weight is 385 g/mol. The molecule has 0 radical (unpaired) electrons. The van der Waals surface area contributed by atoms with Crippen molar-refractivity contribution >= 4 is 23.5 Å². The molecule has 0 unspecified atom stereocenters. The van der Waals surface area contributed by atoms with Gasteiger partial charge in [0.1, 0.15) is 5.75 Å². The molecule has 0 aliphatic carbocycles. The van der Waals surface area contributed by atoms with E-state index in [0.29, 0.717) is 17.0 Å². The van der Waals surface area contributed by atoms with Crippen molar-refractivity contribution in [2.75, 3.05) is 18.5 Å². The van der Waals surface area contributed by atoms with Crippen molar-refractivity contribution in [3.63, 3.8) is 0 Å². The highest BCUT2D eigenvalue weighted by molar-refractivity contribution is 5.94. The average Bonchev–Trinajstić information content (AvgIpc) is 2.67. The van der Waals surface area contributed by atoms with Gasteiger partial charge in [0.2, 0.25) is 0 Å². The van der Waals surface area contributed by atoms with Crippen molar-refractivity contribution in [3.8, 4) is 5.75 Å². The van der Waals surface area contributed by atoms with Crippen LogP contribution in [0.3, 0.4) is 0 Å². The quantitative estimate of drug-likeness (QED) is 0.702. The van der Waals surface area contributed by atoms with Gasteiger partial charge in [-0.25, -0.2) is 9.59 Å². The van der Waals surface area contributed by atoms with Crippen molar-refractivity contribution in [2.45, 2.75) is 26.9 Å². The number of esters is 2. The molecule has 0 spiro atoms. The second kappa shape index (κ2) is 10.1. The number of ether oxygens (including phenoxy) is 3. The van der Waals surface area contributed by atoms with E-state index in [2.05, 4.69) is 5.32 Å². The highest BCUT2D eigenvalue weighted by atomic mass is 16.6. The number of hydrogen-bond donors (Lipinski definition) is 1. The SMILES string of the molecule is CCOC(=O)c1ccc(NC(=O)COC(=O)[C@H](C)Oc2cccc(C)c2)cc1. The molecule has 148 valence electrons. The maximum atomic E-state index is 12.0. The fourth-order valence-corrected chi connectivity index (χ4v) is 2.30. The van der Waals surface area contributed by atoms with Crippen molar-refractivity contribution < 1.29 is 28.6 Å². The summed E-state index contributed by atoms with van der Waals surface area (Å²) in [6.45, 7) is 5.03. The Bertz CT molecular complexity index is 831. The van der Waals surface area contributed by atoms with Crippen LogP contribution in [-0.2, 0) is 19.1 Å². The van der Waals surface area contributed by atoms with Gasteiger partial charge in [-0.2, -0.15) is 0 Å². The lowest BCUT2D eigenvalue weighted by Crippen LogP contribution is -2.29. The predicted octanol–water partition coefficient (Wildman–Crippen LogP) is 3.12. The molecule has 0 saturated heterocycles. The lowest BCUT2D eigenvalue weighted by Gasteiger charge is -2.14. The minimum absolute atomic E-state index is 0.286. The van der Waals surface area contributed by atoms with E-state index in [9.17, 15) is 14.4 Å². The topological polar surface area (TPSA) is 90.9 Å². The van der Waals surface area contributed by atoms with E-state index in [1.54, 1.807) is 38.1 Å². The van der Waals surface area contributed by atoms with Crippen LogP contribution in [0.15, 0.2) is 48.5 Å². The maximum absolute atomic E-state index is 12.0. The minimum atomic E-state index is -0.849. The Morgan fingerprint density at radius 2 is 1.75 bits per heavy atom. The lowest BCUT2D eigenvalue weighted by atomic mass is 10.2. The Hall–Kier alpha value is -3.35. The Labute approximate surface area is 163 Å². The molecule has 0 aliphatic rings. The van der Waals surface area contributed by atoms with Crippen LogP contribution in [0.2, 0.25) is 0 Å². The highest BCUT2D eigenvalue weighted by Crippen LogP contribution is 2.15. The van der Waals surface area contributed by atoms with E-state index in [4.69, 9.17) is 14.2 Å². The Morgan fingerprint density at radius 1 is 1.04 bits per heavy atom. The normalized spacial score (nSPS) is 11.2. The summed E-state index contributed by atoms with van der Waals surface area (Å²) in [4.78, 5) is 35.5. The van der Waals surface area contributed by atoms with E-state index in [-0.39, 0.29) is 6.61 Å². The van der Waals surface area contributed by atoms with E-state index >= 15 is 0 Å². The lowest BCUT2D eigenvalue weighted by molar-refractivity contribution is -0.153. The van der Waals surface area contributed by atoms with Gasteiger partial charge >= 0.3 is 11.9 Å².